The molecule has 14 heavy (non-hydrogen) atoms. The van der Waals surface area contributed by atoms with Gasteiger partial charge >= 0.3 is 5.92 Å². The molecule has 2 N–H and O–H groups in total. The van der Waals surface area contributed by atoms with Gasteiger partial charge in [-0.15, -0.1) is 0 Å². The normalized spacial score (nSPS) is 12.5. The van der Waals surface area contributed by atoms with Crippen molar-refractivity contribution < 1.29 is 8.78 Å². The molecule has 0 aromatic carbocycles. The molecule has 0 aliphatic carbocycles. The van der Waals surface area contributed by atoms with E-state index in [-0.39, 0.29) is 16.8 Å². The quantitative estimate of drug-likeness (QED) is 0.854. The summed E-state index contributed by atoms with van der Waals surface area (Å²) < 4.78 is 27.8. The third-order valence-electron chi connectivity index (χ3n) is 1.84. The van der Waals surface area contributed by atoms with E-state index in [1.165, 1.54) is 10.9 Å². The van der Waals surface area contributed by atoms with Gasteiger partial charge in [-0.1, -0.05) is 11.6 Å². The third-order valence-corrected chi connectivity index (χ3v) is 2.12. The van der Waals surface area contributed by atoms with Crippen LogP contribution in [0.25, 0.3) is 0 Å². The molecule has 0 aliphatic heterocycles. The fourth-order valence-electron chi connectivity index (χ4n) is 1.17. The first-order valence-corrected chi connectivity index (χ1v) is 4.59. The van der Waals surface area contributed by atoms with Gasteiger partial charge < -0.3 is 5.73 Å². The van der Waals surface area contributed by atoms with E-state index in [0.717, 1.165) is 0 Å². The molecule has 0 saturated heterocycles. The number of alkyl halides is 2. The van der Waals surface area contributed by atoms with Crippen LogP contribution >= 0.6 is 11.6 Å². The molecule has 0 atom stereocenters. The SMILES string of the molecule is CC(C)n1ncc(Cl)c1C(F)(F)CN. The molecule has 0 bridgehead atoms. The van der Waals surface area contributed by atoms with E-state index in [1.807, 2.05) is 0 Å². The van der Waals surface area contributed by atoms with Crippen molar-refractivity contribution in [1.82, 2.24) is 9.78 Å². The van der Waals surface area contributed by atoms with Crippen molar-refractivity contribution in [1.29, 1.82) is 0 Å². The summed E-state index contributed by atoms with van der Waals surface area (Å²) in [5, 5.41) is 3.73. The molecule has 0 spiro atoms. The predicted octanol–water partition coefficient (Wildman–Crippen LogP) is 2.17. The summed E-state index contributed by atoms with van der Waals surface area (Å²) in [4.78, 5) is 0. The Morgan fingerprint density at radius 2 is 2.21 bits per heavy atom. The summed E-state index contributed by atoms with van der Waals surface area (Å²) in [5.41, 5.74) is 4.68. The van der Waals surface area contributed by atoms with Gasteiger partial charge in [-0.05, 0) is 13.8 Å². The van der Waals surface area contributed by atoms with E-state index in [9.17, 15) is 8.78 Å². The zero-order valence-corrected chi connectivity index (χ0v) is 8.72. The molecule has 0 fully saturated rings. The van der Waals surface area contributed by atoms with Gasteiger partial charge in [0.05, 0.1) is 17.8 Å². The van der Waals surface area contributed by atoms with Gasteiger partial charge in [0.1, 0.15) is 5.69 Å². The molecule has 1 aromatic rings. The van der Waals surface area contributed by atoms with Crippen molar-refractivity contribution in [3.05, 3.63) is 16.9 Å². The second-order valence-corrected chi connectivity index (χ2v) is 3.70. The molecule has 0 saturated carbocycles. The Morgan fingerprint density at radius 3 is 2.64 bits per heavy atom. The van der Waals surface area contributed by atoms with Crippen molar-refractivity contribution >= 4 is 11.6 Å². The summed E-state index contributed by atoms with van der Waals surface area (Å²) in [5.74, 6) is -3.13. The maximum absolute atomic E-state index is 13.3. The van der Waals surface area contributed by atoms with Gasteiger partial charge in [0, 0.05) is 6.04 Å². The average molecular weight is 224 g/mol. The zero-order valence-electron chi connectivity index (χ0n) is 7.97. The molecular weight excluding hydrogens is 212 g/mol. The van der Waals surface area contributed by atoms with Crippen LogP contribution in [-0.2, 0) is 5.92 Å². The first-order valence-electron chi connectivity index (χ1n) is 4.21. The van der Waals surface area contributed by atoms with E-state index in [0.29, 0.717) is 0 Å². The monoisotopic (exact) mass is 223 g/mol. The van der Waals surface area contributed by atoms with Crippen LogP contribution in [0.15, 0.2) is 6.20 Å². The Hall–Kier alpha value is -0.680. The van der Waals surface area contributed by atoms with Gasteiger partial charge in [0.25, 0.3) is 0 Å². The van der Waals surface area contributed by atoms with E-state index in [2.05, 4.69) is 5.10 Å². The van der Waals surface area contributed by atoms with Crippen LogP contribution in [0.1, 0.15) is 25.6 Å². The molecule has 0 amide bonds. The average Bonchev–Trinajstić information content (AvgIpc) is 2.47. The Labute approximate surface area is 85.8 Å². The number of nitrogens with zero attached hydrogens (tertiary/aromatic N) is 2. The number of hydrogen-bond acceptors (Lipinski definition) is 2. The Bertz CT molecular complexity index is 322. The molecule has 0 unspecified atom stereocenters. The van der Waals surface area contributed by atoms with Crippen molar-refractivity contribution in [2.24, 2.45) is 5.73 Å². The zero-order chi connectivity index (χ0) is 10.9. The first kappa shape index (κ1) is 11.4. The van der Waals surface area contributed by atoms with Crippen LogP contribution in [0.4, 0.5) is 8.78 Å². The lowest BCUT2D eigenvalue weighted by Gasteiger charge is -2.18. The minimum absolute atomic E-state index is 0.0471. The molecule has 0 aliphatic rings. The van der Waals surface area contributed by atoms with E-state index < -0.39 is 12.5 Å². The summed E-state index contributed by atoms with van der Waals surface area (Å²) >= 11 is 5.63. The molecule has 1 heterocycles. The fourth-order valence-corrected chi connectivity index (χ4v) is 1.44. The highest BCUT2D eigenvalue weighted by Crippen LogP contribution is 2.33. The molecule has 0 radical (unpaired) electrons. The Morgan fingerprint density at radius 1 is 1.64 bits per heavy atom. The molecule has 1 aromatic heterocycles. The number of aromatic nitrogens is 2. The van der Waals surface area contributed by atoms with Gasteiger partial charge in [0.2, 0.25) is 0 Å². The minimum Gasteiger partial charge on any atom is -0.325 e. The fraction of sp³-hybridized carbons (Fsp3) is 0.625. The highest BCUT2D eigenvalue weighted by atomic mass is 35.5. The second-order valence-electron chi connectivity index (χ2n) is 3.29. The van der Waals surface area contributed by atoms with E-state index >= 15 is 0 Å². The van der Waals surface area contributed by atoms with Crippen LogP contribution in [0.2, 0.25) is 5.02 Å². The maximum Gasteiger partial charge on any atom is 0.302 e. The standard InChI is InChI=1S/C8H12ClF2N3/c1-5(2)14-7(6(9)3-13-14)8(10,11)4-12/h3,5H,4,12H2,1-2H3. The summed E-state index contributed by atoms with van der Waals surface area (Å²) in [7, 11) is 0. The molecule has 3 nitrogen and oxygen atoms in total. The molecule has 1 rings (SSSR count). The van der Waals surface area contributed by atoms with Crippen LogP contribution < -0.4 is 5.73 Å². The van der Waals surface area contributed by atoms with Gasteiger partial charge in [-0.3, -0.25) is 4.68 Å². The van der Waals surface area contributed by atoms with Crippen LogP contribution in [0.3, 0.4) is 0 Å². The lowest BCUT2D eigenvalue weighted by molar-refractivity contribution is -0.00427. The Kier molecular flexibility index (Phi) is 3.11. The number of hydrogen-bond donors (Lipinski definition) is 1. The smallest absolute Gasteiger partial charge is 0.302 e. The van der Waals surface area contributed by atoms with E-state index in [1.54, 1.807) is 13.8 Å². The topological polar surface area (TPSA) is 43.8 Å². The van der Waals surface area contributed by atoms with Crippen LogP contribution in [0, 0.1) is 0 Å². The van der Waals surface area contributed by atoms with Gasteiger partial charge in [0.15, 0.2) is 0 Å². The first-order chi connectivity index (χ1) is 6.40. The highest BCUT2D eigenvalue weighted by Gasteiger charge is 2.36. The summed E-state index contributed by atoms with van der Waals surface area (Å²) in [6.07, 6.45) is 1.21. The van der Waals surface area contributed by atoms with Crippen LogP contribution in [-0.4, -0.2) is 16.3 Å². The predicted molar refractivity (Wildman–Crippen MR) is 50.6 cm³/mol. The molecule has 80 valence electrons. The Balaban J connectivity index is 3.24. The number of nitrogens with two attached hydrogens (primary N) is 1. The number of rotatable bonds is 3. The van der Waals surface area contributed by atoms with Crippen molar-refractivity contribution in [3.63, 3.8) is 0 Å². The highest BCUT2D eigenvalue weighted by molar-refractivity contribution is 6.31. The lowest BCUT2D eigenvalue weighted by Crippen LogP contribution is -2.29. The number of halogens is 3. The lowest BCUT2D eigenvalue weighted by atomic mass is 10.2. The van der Waals surface area contributed by atoms with Gasteiger partial charge in [-0.25, -0.2) is 0 Å². The van der Waals surface area contributed by atoms with Crippen molar-refractivity contribution in [2.45, 2.75) is 25.8 Å². The minimum atomic E-state index is -3.13. The molecular formula is C8H12ClF2N3. The summed E-state index contributed by atoms with van der Waals surface area (Å²) in [6.45, 7) is 2.73. The van der Waals surface area contributed by atoms with Crippen molar-refractivity contribution in [3.8, 4) is 0 Å². The second kappa shape index (κ2) is 3.82. The molecule has 6 heteroatoms. The van der Waals surface area contributed by atoms with E-state index in [4.69, 9.17) is 17.3 Å². The maximum atomic E-state index is 13.3. The van der Waals surface area contributed by atoms with Crippen LogP contribution in [0.5, 0.6) is 0 Å². The summed E-state index contributed by atoms with van der Waals surface area (Å²) in [6, 6.07) is -0.171. The van der Waals surface area contributed by atoms with Gasteiger partial charge in [-0.2, -0.15) is 13.9 Å². The largest absolute Gasteiger partial charge is 0.325 e. The van der Waals surface area contributed by atoms with Crippen molar-refractivity contribution in [2.75, 3.05) is 6.54 Å². The third kappa shape index (κ3) is 1.88.